The lowest BCUT2D eigenvalue weighted by Crippen LogP contribution is -2.47. The Labute approximate surface area is 119 Å². The molecule has 0 radical (unpaired) electrons. The van der Waals surface area contributed by atoms with Crippen LogP contribution in [0, 0.1) is 0 Å². The van der Waals surface area contributed by atoms with Crippen molar-refractivity contribution >= 4 is 11.7 Å². The van der Waals surface area contributed by atoms with Gasteiger partial charge in [0.25, 0.3) is 0 Å². The van der Waals surface area contributed by atoms with Gasteiger partial charge in [0.05, 0.1) is 13.2 Å². The molecule has 20 heavy (non-hydrogen) atoms. The van der Waals surface area contributed by atoms with Crippen LogP contribution in [0.1, 0.15) is 26.0 Å². The molecule has 6 nitrogen and oxygen atoms in total. The molecule has 1 atom stereocenters. The van der Waals surface area contributed by atoms with Crippen molar-refractivity contribution in [1.82, 2.24) is 14.9 Å². The van der Waals surface area contributed by atoms with Crippen molar-refractivity contribution in [3.63, 3.8) is 0 Å². The fourth-order valence-corrected chi connectivity index (χ4v) is 2.21. The SMILES string of the molecule is CCCc1cc(NC(C)C(=O)N2CCOCC2)ncn1. The van der Waals surface area contributed by atoms with Crippen LogP contribution in [0.2, 0.25) is 0 Å². The predicted molar refractivity (Wildman–Crippen MR) is 76.5 cm³/mol. The van der Waals surface area contributed by atoms with Crippen LogP contribution in [0.5, 0.6) is 0 Å². The van der Waals surface area contributed by atoms with E-state index < -0.39 is 0 Å². The number of anilines is 1. The lowest BCUT2D eigenvalue weighted by molar-refractivity contribution is -0.135. The fraction of sp³-hybridized carbons (Fsp3) is 0.643. The van der Waals surface area contributed by atoms with Crippen molar-refractivity contribution in [1.29, 1.82) is 0 Å². The first kappa shape index (κ1) is 14.7. The van der Waals surface area contributed by atoms with Gasteiger partial charge < -0.3 is 15.0 Å². The summed E-state index contributed by atoms with van der Waals surface area (Å²) in [6.07, 6.45) is 3.50. The van der Waals surface area contributed by atoms with Crippen LogP contribution in [-0.2, 0) is 16.0 Å². The fourth-order valence-electron chi connectivity index (χ4n) is 2.21. The molecule has 1 aliphatic heterocycles. The van der Waals surface area contributed by atoms with E-state index in [0.29, 0.717) is 32.1 Å². The molecular weight excluding hydrogens is 256 g/mol. The average molecular weight is 278 g/mol. The quantitative estimate of drug-likeness (QED) is 0.873. The number of nitrogens with zero attached hydrogens (tertiary/aromatic N) is 3. The van der Waals surface area contributed by atoms with E-state index in [0.717, 1.165) is 18.5 Å². The number of carbonyl (C=O) groups excluding carboxylic acids is 1. The molecule has 0 saturated carbocycles. The second kappa shape index (κ2) is 7.19. The third-order valence-corrected chi connectivity index (χ3v) is 3.29. The Kier molecular flexibility index (Phi) is 5.29. The van der Waals surface area contributed by atoms with Gasteiger partial charge in [0.15, 0.2) is 0 Å². The molecule has 1 aromatic heterocycles. The van der Waals surface area contributed by atoms with Crippen molar-refractivity contribution in [2.75, 3.05) is 31.6 Å². The second-order valence-corrected chi connectivity index (χ2v) is 4.95. The normalized spacial score (nSPS) is 16.8. The molecule has 2 rings (SSSR count). The van der Waals surface area contributed by atoms with Gasteiger partial charge in [-0.05, 0) is 13.3 Å². The minimum atomic E-state index is -0.294. The van der Waals surface area contributed by atoms with Crippen molar-refractivity contribution in [2.45, 2.75) is 32.7 Å². The van der Waals surface area contributed by atoms with Crippen LogP contribution < -0.4 is 5.32 Å². The molecule has 1 N–H and O–H groups in total. The Balaban J connectivity index is 1.94. The van der Waals surface area contributed by atoms with Crippen molar-refractivity contribution in [2.24, 2.45) is 0 Å². The van der Waals surface area contributed by atoms with E-state index in [1.54, 1.807) is 6.33 Å². The summed E-state index contributed by atoms with van der Waals surface area (Å²) in [5, 5.41) is 3.15. The Morgan fingerprint density at radius 1 is 1.45 bits per heavy atom. The van der Waals surface area contributed by atoms with Crippen LogP contribution in [-0.4, -0.2) is 53.1 Å². The van der Waals surface area contributed by atoms with Gasteiger partial charge in [-0.2, -0.15) is 0 Å². The number of hydrogen-bond acceptors (Lipinski definition) is 5. The summed E-state index contributed by atoms with van der Waals surface area (Å²) < 4.78 is 5.26. The highest BCUT2D eigenvalue weighted by molar-refractivity contribution is 5.84. The molecule has 1 fully saturated rings. The highest BCUT2D eigenvalue weighted by Gasteiger charge is 2.22. The number of aryl methyl sites for hydroxylation is 1. The molecule has 2 heterocycles. The Bertz CT molecular complexity index is 447. The summed E-state index contributed by atoms with van der Waals surface area (Å²) in [6.45, 7) is 6.53. The smallest absolute Gasteiger partial charge is 0.244 e. The van der Waals surface area contributed by atoms with E-state index in [1.165, 1.54) is 0 Å². The molecule has 1 unspecified atom stereocenters. The van der Waals surface area contributed by atoms with E-state index in [4.69, 9.17) is 4.74 Å². The zero-order valence-corrected chi connectivity index (χ0v) is 12.1. The molecule has 0 bridgehead atoms. The van der Waals surface area contributed by atoms with E-state index in [9.17, 15) is 4.79 Å². The van der Waals surface area contributed by atoms with Gasteiger partial charge in [-0.15, -0.1) is 0 Å². The third-order valence-electron chi connectivity index (χ3n) is 3.29. The summed E-state index contributed by atoms with van der Waals surface area (Å²) in [5.41, 5.74) is 0.996. The van der Waals surface area contributed by atoms with Gasteiger partial charge in [-0.25, -0.2) is 9.97 Å². The largest absolute Gasteiger partial charge is 0.378 e. The van der Waals surface area contributed by atoms with E-state index in [1.807, 2.05) is 17.9 Å². The van der Waals surface area contributed by atoms with Gasteiger partial charge in [0.2, 0.25) is 5.91 Å². The lowest BCUT2D eigenvalue weighted by atomic mass is 10.2. The Hall–Kier alpha value is -1.69. The maximum Gasteiger partial charge on any atom is 0.244 e. The topological polar surface area (TPSA) is 67.4 Å². The van der Waals surface area contributed by atoms with Crippen LogP contribution in [0.15, 0.2) is 12.4 Å². The van der Waals surface area contributed by atoms with Gasteiger partial charge >= 0.3 is 0 Å². The number of hydrogen-bond donors (Lipinski definition) is 1. The van der Waals surface area contributed by atoms with E-state index in [-0.39, 0.29) is 11.9 Å². The monoisotopic (exact) mass is 278 g/mol. The minimum absolute atomic E-state index is 0.0870. The summed E-state index contributed by atoms with van der Waals surface area (Å²) in [5.74, 6) is 0.793. The molecule has 1 aromatic rings. The zero-order chi connectivity index (χ0) is 14.4. The lowest BCUT2D eigenvalue weighted by Gasteiger charge is -2.29. The molecule has 110 valence electrons. The summed E-state index contributed by atoms with van der Waals surface area (Å²) in [4.78, 5) is 22.5. The van der Waals surface area contributed by atoms with Crippen LogP contribution in [0.3, 0.4) is 0 Å². The number of amides is 1. The van der Waals surface area contributed by atoms with E-state index in [2.05, 4.69) is 22.2 Å². The number of rotatable bonds is 5. The third kappa shape index (κ3) is 3.90. The molecule has 6 heteroatoms. The van der Waals surface area contributed by atoms with Crippen LogP contribution >= 0.6 is 0 Å². The molecule has 1 aliphatic rings. The number of morpholine rings is 1. The van der Waals surface area contributed by atoms with Crippen molar-refractivity contribution in [3.05, 3.63) is 18.1 Å². The number of ether oxygens (including phenoxy) is 1. The zero-order valence-electron chi connectivity index (χ0n) is 12.1. The molecule has 0 aromatic carbocycles. The minimum Gasteiger partial charge on any atom is -0.378 e. The molecule has 1 amide bonds. The van der Waals surface area contributed by atoms with Gasteiger partial charge in [0.1, 0.15) is 18.2 Å². The number of carbonyl (C=O) groups is 1. The average Bonchev–Trinajstić information content (AvgIpc) is 2.48. The highest BCUT2D eigenvalue weighted by atomic mass is 16.5. The van der Waals surface area contributed by atoms with Gasteiger partial charge in [0, 0.05) is 24.8 Å². The molecule has 1 saturated heterocycles. The molecule has 0 spiro atoms. The van der Waals surface area contributed by atoms with Gasteiger partial charge in [-0.3, -0.25) is 4.79 Å². The number of aromatic nitrogens is 2. The highest BCUT2D eigenvalue weighted by Crippen LogP contribution is 2.09. The van der Waals surface area contributed by atoms with Gasteiger partial charge in [-0.1, -0.05) is 13.3 Å². The second-order valence-electron chi connectivity index (χ2n) is 4.95. The van der Waals surface area contributed by atoms with E-state index >= 15 is 0 Å². The van der Waals surface area contributed by atoms with Crippen molar-refractivity contribution < 1.29 is 9.53 Å². The Morgan fingerprint density at radius 3 is 2.90 bits per heavy atom. The van der Waals surface area contributed by atoms with Crippen LogP contribution in [0.25, 0.3) is 0 Å². The Morgan fingerprint density at radius 2 is 2.20 bits per heavy atom. The molecule has 0 aliphatic carbocycles. The first-order valence-corrected chi connectivity index (χ1v) is 7.14. The summed E-state index contributed by atoms with van der Waals surface area (Å²) >= 11 is 0. The number of nitrogens with one attached hydrogen (secondary N) is 1. The maximum atomic E-state index is 12.3. The maximum absolute atomic E-state index is 12.3. The standard InChI is InChI=1S/C14H22N4O2/c1-3-4-12-9-13(16-10-15-12)17-11(2)14(19)18-5-7-20-8-6-18/h9-11H,3-8H2,1-2H3,(H,15,16,17). The predicted octanol–water partition coefficient (Wildman–Crippen LogP) is 1.09. The van der Waals surface area contributed by atoms with Crippen LogP contribution in [0.4, 0.5) is 5.82 Å². The first-order chi connectivity index (χ1) is 9.70. The van der Waals surface area contributed by atoms with Crippen molar-refractivity contribution in [3.8, 4) is 0 Å². The molecular formula is C14H22N4O2. The summed E-state index contributed by atoms with van der Waals surface area (Å²) in [6, 6.07) is 1.62. The summed E-state index contributed by atoms with van der Waals surface area (Å²) in [7, 11) is 0. The first-order valence-electron chi connectivity index (χ1n) is 7.14.